The van der Waals surface area contributed by atoms with Gasteiger partial charge < -0.3 is 0 Å². The predicted octanol–water partition coefficient (Wildman–Crippen LogP) is 3.38. The Morgan fingerprint density at radius 3 is 2.92 bits per heavy atom. The molecule has 0 spiro atoms. The maximum Gasteiger partial charge on any atom is 0.129 e. The minimum Gasteiger partial charge on any atom is -0.241 e. The third-order valence-corrected chi connectivity index (χ3v) is 2.15. The van der Waals surface area contributed by atoms with Gasteiger partial charge in [-0.05, 0) is 30.7 Å². The molecule has 1 aromatic rings. The number of pyridine rings is 1. The van der Waals surface area contributed by atoms with Gasteiger partial charge in [-0.1, -0.05) is 29.8 Å². The number of thiol groups is 1. The fraction of sp³-hybridized carbons (Fsp3) is 0.300. The van der Waals surface area contributed by atoms with Crippen LogP contribution in [-0.2, 0) is 0 Å². The monoisotopic (exact) mass is 213 g/mol. The number of aromatic nitrogens is 1. The van der Waals surface area contributed by atoms with Crippen LogP contribution in [0, 0.1) is 6.92 Å². The average Bonchev–Trinajstić information content (AvgIpc) is 2.09. The first-order valence-corrected chi connectivity index (χ1v) is 5.15. The zero-order valence-electron chi connectivity index (χ0n) is 7.50. The van der Waals surface area contributed by atoms with E-state index in [4.69, 9.17) is 11.6 Å². The molecule has 0 atom stereocenters. The van der Waals surface area contributed by atoms with Gasteiger partial charge in [0.05, 0.1) is 0 Å². The molecular formula is C10H12ClNS. The van der Waals surface area contributed by atoms with Crippen molar-refractivity contribution in [2.75, 3.05) is 5.75 Å². The lowest BCUT2D eigenvalue weighted by molar-refractivity contribution is 1.18. The van der Waals surface area contributed by atoms with Crippen LogP contribution in [0.25, 0.3) is 6.08 Å². The van der Waals surface area contributed by atoms with Crippen molar-refractivity contribution in [3.63, 3.8) is 0 Å². The van der Waals surface area contributed by atoms with Gasteiger partial charge in [0.15, 0.2) is 0 Å². The third-order valence-electron chi connectivity index (χ3n) is 1.69. The van der Waals surface area contributed by atoms with Gasteiger partial charge in [-0.15, -0.1) is 0 Å². The summed E-state index contributed by atoms with van der Waals surface area (Å²) in [7, 11) is 0. The van der Waals surface area contributed by atoms with E-state index in [1.165, 1.54) is 0 Å². The SMILES string of the molecule is Cc1nc(Cl)ccc1C=CCCS. The van der Waals surface area contributed by atoms with E-state index in [9.17, 15) is 0 Å². The van der Waals surface area contributed by atoms with E-state index in [0.717, 1.165) is 23.4 Å². The van der Waals surface area contributed by atoms with Gasteiger partial charge >= 0.3 is 0 Å². The Labute approximate surface area is 89.2 Å². The number of hydrogen-bond acceptors (Lipinski definition) is 2. The molecule has 0 aromatic carbocycles. The van der Waals surface area contributed by atoms with Crippen molar-refractivity contribution in [3.8, 4) is 0 Å². The van der Waals surface area contributed by atoms with Gasteiger partial charge in [-0.3, -0.25) is 0 Å². The third kappa shape index (κ3) is 3.41. The molecule has 0 bridgehead atoms. The van der Waals surface area contributed by atoms with E-state index in [0.29, 0.717) is 5.15 Å². The first kappa shape index (κ1) is 10.6. The van der Waals surface area contributed by atoms with E-state index in [1.807, 2.05) is 13.0 Å². The molecule has 0 saturated carbocycles. The molecule has 0 aliphatic rings. The van der Waals surface area contributed by atoms with Crippen LogP contribution in [-0.4, -0.2) is 10.7 Å². The quantitative estimate of drug-likeness (QED) is 0.600. The summed E-state index contributed by atoms with van der Waals surface area (Å²) >= 11 is 9.85. The van der Waals surface area contributed by atoms with Crippen molar-refractivity contribution in [2.45, 2.75) is 13.3 Å². The normalized spacial score (nSPS) is 11.0. The van der Waals surface area contributed by atoms with Gasteiger partial charge in [0.25, 0.3) is 0 Å². The van der Waals surface area contributed by atoms with E-state index < -0.39 is 0 Å². The lowest BCUT2D eigenvalue weighted by atomic mass is 10.2. The highest BCUT2D eigenvalue weighted by Gasteiger charge is 1.95. The molecule has 0 unspecified atom stereocenters. The van der Waals surface area contributed by atoms with Gasteiger partial charge in [0.1, 0.15) is 5.15 Å². The summed E-state index contributed by atoms with van der Waals surface area (Å²) in [4.78, 5) is 4.15. The summed E-state index contributed by atoms with van der Waals surface area (Å²) < 4.78 is 0. The number of rotatable bonds is 3. The molecular weight excluding hydrogens is 202 g/mol. The lowest BCUT2D eigenvalue weighted by Crippen LogP contribution is -1.85. The smallest absolute Gasteiger partial charge is 0.129 e. The Balaban J connectivity index is 2.77. The molecule has 70 valence electrons. The molecule has 0 amide bonds. The summed E-state index contributed by atoms with van der Waals surface area (Å²) in [5, 5.41) is 0.545. The van der Waals surface area contributed by atoms with Crippen molar-refractivity contribution in [1.29, 1.82) is 0 Å². The molecule has 0 fully saturated rings. The topological polar surface area (TPSA) is 12.9 Å². The largest absolute Gasteiger partial charge is 0.241 e. The van der Waals surface area contributed by atoms with Crippen LogP contribution in [0.1, 0.15) is 17.7 Å². The number of nitrogens with zero attached hydrogens (tertiary/aromatic N) is 1. The zero-order chi connectivity index (χ0) is 9.68. The standard InChI is InChI=1S/C10H12ClNS/c1-8-9(4-2-3-7-13)5-6-10(11)12-8/h2,4-6,13H,3,7H2,1H3. The van der Waals surface area contributed by atoms with Gasteiger partial charge in [0, 0.05) is 5.69 Å². The Morgan fingerprint density at radius 2 is 2.31 bits per heavy atom. The highest BCUT2D eigenvalue weighted by Crippen LogP contribution is 2.12. The highest BCUT2D eigenvalue weighted by atomic mass is 35.5. The van der Waals surface area contributed by atoms with Gasteiger partial charge in [0.2, 0.25) is 0 Å². The first-order chi connectivity index (χ1) is 6.24. The Kier molecular flexibility index (Phi) is 4.33. The van der Waals surface area contributed by atoms with Crippen LogP contribution < -0.4 is 0 Å². The van der Waals surface area contributed by atoms with Crippen LogP contribution in [0.2, 0.25) is 5.15 Å². The van der Waals surface area contributed by atoms with Crippen LogP contribution in [0.15, 0.2) is 18.2 Å². The summed E-state index contributed by atoms with van der Waals surface area (Å²) in [6, 6.07) is 3.77. The first-order valence-electron chi connectivity index (χ1n) is 4.14. The van der Waals surface area contributed by atoms with E-state index >= 15 is 0 Å². The van der Waals surface area contributed by atoms with Crippen LogP contribution in [0.5, 0.6) is 0 Å². The van der Waals surface area contributed by atoms with Crippen molar-refractivity contribution >= 4 is 30.3 Å². The molecule has 0 radical (unpaired) electrons. The van der Waals surface area contributed by atoms with Gasteiger partial charge in [-0.25, -0.2) is 4.98 Å². The molecule has 13 heavy (non-hydrogen) atoms. The number of aryl methyl sites for hydroxylation is 1. The molecule has 0 aliphatic heterocycles. The van der Waals surface area contributed by atoms with Crippen LogP contribution >= 0.6 is 24.2 Å². The molecule has 1 nitrogen and oxygen atoms in total. The van der Waals surface area contributed by atoms with Crippen molar-refractivity contribution in [1.82, 2.24) is 4.98 Å². The van der Waals surface area contributed by atoms with Crippen molar-refractivity contribution in [2.24, 2.45) is 0 Å². The number of halogens is 1. The van der Waals surface area contributed by atoms with Crippen molar-refractivity contribution in [3.05, 3.63) is 34.6 Å². The second-order valence-corrected chi connectivity index (χ2v) is 3.56. The summed E-state index contributed by atoms with van der Waals surface area (Å²) in [6.07, 6.45) is 5.12. The highest BCUT2D eigenvalue weighted by molar-refractivity contribution is 7.80. The zero-order valence-corrected chi connectivity index (χ0v) is 9.15. The molecule has 0 aliphatic carbocycles. The predicted molar refractivity (Wildman–Crippen MR) is 61.5 cm³/mol. The van der Waals surface area contributed by atoms with Crippen LogP contribution in [0.4, 0.5) is 0 Å². The van der Waals surface area contributed by atoms with E-state index in [1.54, 1.807) is 6.07 Å². The molecule has 1 rings (SSSR count). The number of allylic oxidation sites excluding steroid dienone is 1. The summed E-state index contributed by atoms with van der Waals surface area (Å²) in [5.74, 6) is 0.872. The Morgan fingerprint density at radius 1 is 1.54 bits per heavy atom. The minimum absolute atomic E-state index is 0.545. The number of hydrogen-bond donors (Lipinski definition) is 1. The average molecular weight is 214 g/mol. The Hall–Kier alpha value is -0.470. The molecule has 0 N–H and O–H groups in total. The maximum absolute atomic E-state index is 5.73. The van der Waals surface area contributed by atoms with E-state index in [-0.39, 0.29) is 0 Å². The van der Waals surface area contributed by atoms with Crippen LogP contribution in [0.3, 0.4) is 0 Å². The maximum atomic E-state index is 5.73. The second kappa shape index (κ2) is 5.30. The van der Waals surface area contributed by atoms with Gasteiger partial charge in [-0.2, -0.15) is 12.6 Å². The fourth-order valence-electron chi connectivity index (χ4n) is 1.00. The lowest BCUT2D eigenvalue weighted by Gasteiger charge is -1.98. The molecule has 1 heterocycles. The molecule has 1 aromatic heterocycles. The van der Waals surface area contributed by atoms with E-state index in [2.05, 4.69) is 29.8 Å². The second-order valence-electron chi connectivity index (χ2n) is 2.72. The Bertz CT molecular complexity index is 310. The summed E-state index contributed by atoms with van der Waals surface area (Å²) in [6.45, 7) is 1.95. The minimum atomic E-state index is 0.545. The molecule has 0 saturated heterocycles. The van der Waals surface area contributed by atoms with Crippen molar-refractivity contribution < 1.29 is 0 Å². The fourth-order valence-corrected chi connectivity index (χ4v) is 1.34. The summed E-state index contributed by atoms with van der Waals surface area (Å²) in [5.41, 5.74) is 2.08. The molecule has 3 heteroatoms.